The monoisotopic (exact) mass is 296 g/mol. The molecule has 6 nitrogen and oxygen atoms in total. The van der Waals surface area contributed by atoms with Gasteiger partial charge in [-0.25, -0.2) is 9.18 Å². The second-order valence-electron chi connectivity index (χ2n) is 5.95. The third-order valence-electron chi connectivity index (χ3n) is 3.92. The normalized spacial score (nSPS) is 21.1. The average molecular weight is 296 g/mol. The summed E-state index contributed by atoms with van der Waals surface area (Å²) in [6.07, 6.45) is 1.49. The number of benzene rings is 1. The van der Waals surface area contributed by atoms with Gasteiger partial charge in [0.05, 0.1) is 11.0 Å². The van der Waals surface area contributed by atoms with Crippen molar-refractivity contribution in [1.82, 2.24) is 0 Å². The summed E-state index contributed by atoms with van der Waals surface area (Å²) in [7, 11) is 0. The number of anilines is 1. The van der Waals surface area contributed by atoms with Crippen LogP contribution in [0.15, 0.2) is 18.2 Å². The number of carbonyl (C=O) groups is 1. The molecule has 2 rings (SSSR count). The zero-order valence-electron chi connectivity index (χ0n) is 11.9. The molecule has 1 aromatic rings. The Bertz CT molecular complexity index is 588. The van der Waals surface area contributed by atoms with E-state index in [1.807, 2.05) is 13.8 Å². The molecule has 1 unspecified atom stereocenters. The van der Waals surface area contributed by atoms with Gasteiger partial charge in [-0.2, -0.15) is 0 Å². The molecule has 1 heterocycles. The highest BCUT2D eigenvalue weighted by Crippen LogP contribution is 2.38. The smallest absolute Gasteiger partial charge is 0.326 e. The van der Waals surface area contributed by atoms with Gasteiger partial charge in [-0.1, -0.05) is 13.8 Å². The van der Waals surface area contributed by atoms with Crippen molar-refractivity contribution < 1.29 is 19.2 Å². The van der Waals surface area contributed by atoms with Gasteiger partial charge in [0, 0.05) is 18.3 Å². The molecule has 0 spiro atoms. The predicted molar refractivity (Wildman–Crippen MR) is 74.8 cm³/mol. The largest absolute Gasteiger partial charge is 0.480 e. The maximum atomic E-state index is 13.6. The number of nitro benzene ring substituents is 1. The van der Waals surface area contributed by atoms with Crippen LogP contribution in [0.5, 0.6) is 0 Å². The van der Waals surface area contributed by atoms with Gasteiger partial charge in [-0.05, 0) is 24.3 Å². The van der Waals surface area contributed by atoms with Crippen LogP contribution in [-0.4, -0.2) is 28.6 Å². The van der Waals surface area contributed by atoms with Crippen LogP contribution in [0.25, 0.3) is 0 Å². The van der Waals surface area contributed by atoms with Gasteiger partial charge in [0.15, 0.2) is 0 Å². The van der Waals surface area contributed by atoms with Crippen molar-refractivity contribution in [2.75, 3.05) is 11.4 Å². The fourth-order valence-electron chi connectivity index (χ4n) is 2.97. The first-order chi connectivity index (χ1) is 9.72. The van der Waals surface area contributed by atoms with Gasteiger partial charge in [-0.3, -0.25) is 10.1 Å². The van der Waals surface area contributed by atoms with Crippen molar-refractivity contribution in [2.24, 2.45) is 5.41 Å². The standard InChI is InChI=1S/C14H17FN2O4/c1-14(2)4-3-5-16(12(14)13(18)19)10-6-9(15)7-11(8-10)17(20)21/h6-8,12H,3-5H2,1-2H3,(H,18,19). The Balaban J connectivity index is 2.48. The third-order valence-corrected chi connectivity index (χ3v) is 3.92. The number of piperidine rings is 1. The van der Waals surface area contributed by atoms with Crippen LogP contribution in [0.2, 0.25) is 0 Å². The van der Waals surface area contributed by atoms with Gasteiger partial charge in [0.25, 0.3) is 5.69 Å². The van der Waals surface area contributed by atoms with E-state index in [1.165, 1.54) is 6.07 Å². The van der Waals surface area contributed by atoms with E-state index in [9.17, 15) is 24.4 Å². The summed E-state index contributed by atoms with van der Waals surface area (Å²) in [5.41, 5.74) is -0.634. The maximum absolute atomic E-state index is 13.6. The first-order valence-electron chi connectivity index (χ1n) is 6.67. The molecule has 7 heteroatoms. The van der Waals surface area contributed by atoms with E-state index in [-0.39, 0.29) is 11.4 Å². The van der Waals surface area contributed by atoms with Crippen LogP contribution in [0, 0.1) is 21.3 Å². The third kappa shape index (κ3) is 2.96. The van der Waals surface area contributed by atoms with Crippen LogP contribution in [-0.2, 0) is 4.79 Å². The van der Waals surface area contributed by atoms with E-state index in [1.54, 1.807) is 4.90 Å². The lowest BCUT2D eigenvalue weighted by molar-refractivity contribution is -0.385. The number of aliphatic carboxylic acids is 1. The molecular weight excluding hydrogens is 279 g/mol. The van der Waals surface area contributed by atoms with Crippen molar-refractivity contribution in [1.29, 1.82) is 0 Å². The lowest BCUT2D eigenvalue weighted by Crippen LogP contribution is -2.54. The number of nitro groups is 1. The van der Waals surface area contributed by atoms with E-state index < -0.39 is 28.2 Å². The summed E-state index contributed by atoms with van der Waals surface area (Å²) >= 11 is 0. The van der Waals surface area contributed by atoms with Gasteiger partial charge in [0.1, 0.15) is 11.9 Å². The maximum Gasteiger partial charge on any atom is 0.326 e. The molecule has 0 aliphatic carbocycles. The summed E-state index contributed by atoms with van der Waals surface area (Å²) in [5.74, 6) is -1.75. The molecule has 0 saturated carbocycles. The Morgan fingerprint density at radius 2 is 2.14 bits per heavy atom. The second kappa shape index (κ2) is 5.31. The van der Waals surface area contributed by atoms with Gasteiger partial charge in [-0.15, -0.1) is 0 Å². The van der Waals surface area contributed by atoms with Crippen LogP contribution in [0.1, 0.15) is 26.7 Å². The van der Waals surface area contributed by atoms with Crippen molar-refractivity contribution in [2.45, 2.75) is 32.7 Å². The van der Waals surface area contributed by atoms with Crippen molar-refractivity contribution >= 4 is 17.3 Å². The number of carboxylic acids is 1. The first-order valence-corrected chi connectivity index (χ1v) is 6.67. The minimum Gasteiger partial charge on any atom is -0.480 e. The molecule has 1 aliphatic rings. The highest BCUT2D eigenvalue weighted by atomic mass is 19.1. The molecular formula is C14H17FN2O4. The lowest BCUT2D eigenvalue weighted by Gasteiger charge is -2.45. The van der Waals surface area contributed by atoms with E-state index in [0.29, 0.717) is 6.54 Å². The summed E-state index contributed by atoms with van der Waals surface area (Å²) in [6.45, 7) is 4.11. The summed E-state index contributed by atoms with van der Waals surface area (Å²) in [5, 5.41) is 20.3. The van der Waals surface area contributed by atoms with Gasteiger partial charge < -0.3 is 10.0 Å². The Morgan fingerprint density at radius 3 is 2.71 bits per heavy atom. The minimum absolute atomic E-state index is 0.238. The Kier molecular flexibility index (Phi) is 3.85. The zero-order chi connectivity index (χ0) is 15.8. The summed E-state index contributed by atoms with van der Waals surface area (Å²) < 4.78 is 13.6. The van der Waals surface area contributed by atoms with E-state index in [0.717, 1.165) is 25.0 Å². The van der Waals surface area contributed by atoms with Crippen molar-refractivity contribution in [3.63, 3.8) is 0 Å². The molecule has 0 bridgehead atoms. The first kappa shape index (κ1) is 15.2. The zero-order valence-corrected chi connectivity index (χ0v) is 11.9. The predicted octanol–water partition coefficient (Wildman–Crippen LogP) is 2.81. The van der Waals surface area contributed by atoms with E-state index >= 15 is 0 Å². The van der Waals surface area contributed by atoms with Crippen LogP contribution in [0.3, 0.4) is 0 Å². The van der Waals surface area contributed by atoms with Gasteiger partial charge in [0.2, 0.25) is 0 Å². The molecule has 21 heavy (non-hydrogen) atoms. The van der Waals surface area contributed by atoms with E-state index in [4.69, 9.17) is 0 Å². The van der Waals surface area contributed by atoms with Crippen molar-refractivity contribution in [3.05, 3.63) is 34.1 Å². The number of halogens is 1. The van der Waals surface area contributed by atoms with Crippen molar-refractivity contribution in [3.8, 4) is 0 Å². The molecule has 0 radical (unpaired) electrons. The van der Waals surface area contributed by atoms with E-state index in [2.05, 4.69) is 0 Å². The molecule has 1 aliphatic heterocycles. The number of hydrogen-bond acceptors (Lipinski definition) is 4. The highest BCUT2D eigenvalue weighted by molar-refractivity contribution is 5.80. The summed E-state index contributed by atoms with van der Waals surface area (Å²) in [6, 6.07) is 2.35. The Morgan fingerprint density at radius 1 is 1.48 bits per heavy atom. The lowest BCUT2D eigenvalue weighted by atomic mass is 9.76. The molecule has 0 amide bonds. The van der Waals surface area contributed by atoms with Crippen LogP contribution >= 0.6 is 0 Å². The molecule has 1 atom stereocenters. The highest BCUT2D eigenvalue weighted by Gasteiger charge is 2.43. The molecule has 1 fully saturated rings. The average Bonchev–Trinajstić information content (AvgIpc) is 2.35. The number of non-ortho nitro benzene ring substituents is 1. The SMILES string of the molecule is CC1(C)CCCN(c2cc(F)cc([N+](=O)[O-])c2)C1C(=O)O. The topological polar surface area (TPSA) is 83.7 Å². The number of nitrogens with zero attached hydrogens (tertiary/aromatic N) is 2. The Hall–Kier alpha value is -2.18. The molecule has 114 valence electrons. The molecule has 1 aromatic carbocycles. The second-order valence-corrected chi connectivity index (χ2v) is 5.95. The fraction of sp³-hybridized carbons (Fsp3) is 0.500. The van der Waals surface area contributed by atoms with Crippen LogP contribution in [0.4, 0.5) is 15.8 Å². The number of hydrogen-bond donors (Lipinski definition) is 1. The Labute approximate surface area is 121 Å². The molecule has 1 saturated heterocycles. The quantitative estimate of drug-likeness (QED) is 0.685. The fourth-order valence-corrected chi connectivity index (χ4v) is 2.97. The summed E-state index contributed by atoms with van der Waals surface area (Å²) in [4.78, 5) is 23.3. The van der Waals surface area contributed by atoms with Gasteiger partial charge >= 0.3 is 5.97 Å². The molecule has 0 aromatic heterocycles. The minimum atomic E-state index is -1.01. The van der Waals surface area contributed by atoms with Crippen LogP contribution < -0.4 is 4.90 Å². The number of rotatable bonds is 3. The molecule has 1 N–H and O–H groups in total. The number of carboxylic acid groups (broad SMARTS) is 1.